The molecule has 0 N–H and O–H groups in total. The molecule has 0 aromatic heterocycles. The second-order valence-corrected chi connectivity index (χ2v) is 4.79. The van der Waals surface area contributed by atoms with Gasteiger partial charge in [0.25, 0.3) is 0 Å². The molecule has 3 rings (SSSR count). The summed E-state index contributed by atoms with van der Waals surface area (Å²) in [7, 11) is 0. The van der Waals surface area contributed by atoms with Gasteiger partial charge in [-0.15, -0.1) is 0 Å². The van der Waals surface area contributed by atoms with Gasteiger partial charge >= 0.3 is 0 Å². The summed E-state index contributed by atoms with van der Waals surface area (Å²) in [6.07, 6.45) is 13.5. The van der Waals surface area contributed by atoms with Crippen LogP contribution < -0.4 is 0 Å². The minimum absolute atomic E-state index is 0.604. The number of allylic oxidation sites excluding steroid dienone is 5. The van der Waals surface area contributed by atoms with E-state index in [0.717, 1.165) is 12.8 Å². The molecule has 1 aromatic rings. The standard InChI is InChI=1S/C16H16/c1-12-9-14-7-4-8-15(16(14)10-12)11-13-5-2-3-6-13/h2-9,13H,10-11H2,1H3. The fourth-order valence-corrected chi connectivity index (χ4v) is 2.66. The molecular weight excluding hydrogens is 192 g/mol. The lowest BCUT2D eigenvalue weighted by Gasteiger charge is -2.11. The Bertz CT molecular complexity index is 489. The number of hydrogen-bond donors (Lipinski definition) is 0. The molecule has 0 spiro atoms. The zero-order valence-electron chi connectivity index (χ0n) is 9.61. The minimum Gasteiger partial charge on any atom is -0.0773 e. The fraction of sp³-hybridized carbons (Fsp3) is 0.250. The molecule has 0 unspecified atom stereocenters. The molecule has 0 fully saturated rings. The van der Waals surface area contributed by atoms with Crippen LogP contribution in [0.25, 0.3) is 6.08 Å². The monoisotopic (exact) mass is 208 g/mol. The first-order chi connectivity index (χ1) is 7.83. The molecular formula is C16H16. The molecule has 80 valence electrons. The van der Waals surface area contributed by atoms with Crippen LogP contribution in [0.2, 0.25) is 0 Å². The van der Waals surface area contributed by atoms with E-state index in [9.17, 15) is 0 Å². The molecule has 0 bridgehead atoms. The van der Waals surface area contributed by atoms with Crippen molar-refractivity contribution < 1.29 is 0 Å². The maximum atomic E-state index is 2.32. The van der Waals surface area contributed by atoms with Crippen LogP contribution in [0.1, 0.15) is 23.6 Å². The van der Waals surface area contributed by atoms with Crippen molar-refractivity contribution in [3.63, 3.8) is 0 Å². The van der Waals surface area contributed by atoms with Crippen molar-refractivity contribution in [3.05, 3.63) is 64.8 Å². The summed E-state index contributed by atoms with van der Waals surface area (Å²) >= 11 is 0. The predicted molar refractivity (Wildman–Crippen MR) is 69.3 cm³/mol. The first-order valence-corrected chi connectivity index (χ1v) is 5.96. The number of benzene rings is 1. The average molecular weight is 208 g/mol. The zero-order chi connectivity index (χ0) is 11.0. The van der Waals surface area contributed by atoms with E-state index in [1.54, 1.807) is 5.56 Å². The van der Waals surface area contributed by atoms with Gasteiger partial charge in [0.2, 0.25) is 0 Å². The summed E-state index contributed by atoms with van der Waals surface area (Å²) in [5.41, 5.74) is 5.99. The van der Waals surface area contributed by atoms with E-state index in [0.29, 0.717) is 5.92 Å². The third-order valence-corrected chi connectivity index (χ3v) is 3.45. The zero-order valence-corrected chi connectivity index (χ0v) is 9.61. The number of fused-ring (bicyclic) bond motifs is 1. The Morgan fingerprint density at radius 1 is 1.19 bits per heavy atom. The number of hydrogen-bond acceptors (Lipinski definition) is 0. The van der Waals surface area contributed by atoms with Gasteiger partial charge in [0.05, 0.1) is 0 Å². The van der Waals surface area contributed by atoms with Gasteiger partial charge in [-0.1, -0.05) is 54.2 Å². The topological polar surface area (TPSA) is 0 Å². The molecule has 0 saturated heterocycles. The van der Waals surface area contributed by atoms with Crippen LogP contribution in [-0.2, 0) is 12.8 Å². The molecule has 0 amide bonds. The van der Waals surface area contributed by atoms with Crippen molar-refractivity contribution in [1.29, 1.82) is 0 Å². The highest BCUT2D eigenvalue weighted by molar-refractivity contribution is 5.65. The van der Waals surface area contributed by atoms with E-state index < -0.39 is 0 Å². The molecule has 0 aliphatic heterocycles. The van der Waals surface area contributed by atoms with Crippen molar-refractivity contribution in [2.24, 2.45) is 5.92 Å². The maximum Gasteiger partial charge on any atom is -0.000673 e. The van der Waals surface area contributed by atoms with Crippen LogP contribution in [0.4, 0.5) is 0 Å². The summed E-state index contributed by atoms with van der Waals surface area (Å²) in [4.78, 5) is 0. The van der Waals surface area contributed by atoms with E-state index in [2.05, 4.69) is 55.5 Å². The van der Waals surface area contributed by atoms with Crippen LogP contribution in [0.3, 0.4) is 0 Å². The van der Waals surface area contributed by atoms with Crippen molar-refractivity contribution >= 4 is 6.08 Å². The largest absolute Gasteiger partial charge is 0.0773 e. The van der Waals surface area contributed by atoms with Crippen molar-refractivity contribution in [1.82, 2.24) is 0 Å². The van der Waals surface area contributed by atoms with E-state index in [-0.39, 0.29) is 0 Å². The van der Waals surface area contributed by atoms with Gasteiger partial charge in [0.1, 0.15) is 0 Å². The van der Waals surface area contributed by atoms with Crippen molar-refractivity contribution in [2.75, 3.05) is 0 Å². The Balaban J connectivity index is 1.90. The third kappa shape index (κ3) is 1.65. The van der Waals surface area contributed by atoms with Gasteiger partial charge in [0, 0.05) is 0 Å². The van der Waals surface area contributed by atoms with Gasteiger partial charge in [-0.2, -0.15) is 0 Å². The fourth-order valence-electron chi connectivity index (χ4n) is 2.66. The summed E-state index contributed by atoms with van der Waals surface area (Å²) in [6.45, 7) is 2.22. The first kappa shape index (κ1) is 9.65. The predicted octanol–water partition coefficient (Wildman–Crippen LogP) is 3.93. The molecule has 0 heteroatoms. The highest BCUT2D eigenvalue weighted by Crippen LogP contribution is 2.29. The summed E-state index contributed by atoms with van der Waals surface area (Å²) in [5, 5.41) is 0. The minimum atomic E-state index is 0.604. The van der Waals surface area contributed by atoms with Gasteiger partial charge in [0.15, 0.2) is 0 Å². The molecule has 0 radical (unpaired) electrons. The lowest BCUT2D eigenvalue weighted by Crippen LogP contribution is -2.00. The molecule has 1 aromatic carbocycles. The van der Waals surface area contributed by atoms with E-state index in [4.69, 9.17) is 0 Å². The molecule has 2 aliphatic carbocycles. The maximum absolute atomic E-state index is 2.32. The van der Waals surface area contributed by atoms with Crippen LogP contribution >= 0.6 is 0 Å². The van der Waals surface area contributed by atoms with Gasteiger partial charge in [-0.3, -0.25) is 0 Å². The van der Waals surface area contributed by atoms with Crippen LogP contribution in [-0.4, -0.2) is 0 Å². The number of rotatable bonds is 2. The lowest BCUT2D eigenvalue weighted by molar-refractivity contribution is 0.807. The van der Waals surface area contributed by atoms with Crippen molar-refractivity contribution in [2.45, 2.75) is 19.8 Å². The summed E-state index contributed by atoms with van der Waals surface area (Å²) < 4.78 is 0. The van der Waals surface area contributed by atoms with Crippen LogP contribution in [0, 0.1) is 5.92 Å². The highest BCUT2D eigenvalue weighted by Gasteiger charge is 2.15. The molecule has 2 aliphatic rings. The summed E-state index contributed by atoms with van der Waals surface area (Å²) in [5.74, 6) is 0.604. The SMILES string of the molecule is CC1=Cc2cccc(CC3C=CC=C3)c2C1. The first-order valence-electron chi connectivity index (χ1n) is 5.96. The normalized spacial score (nSPS) is 17.9. The Kier molecular flexibility index (Phi) is 2.28. The highest BCUT2D eigenvalue weighted by atomic mass is 14.2. The molecule has 0 saturated carbocycles. The Labute approximate surface area is 97.0 Å². The molecule has 0 heterocycles. The quantitative estimate of drug-likeness (QED) is 0.690. The van der Waals surface area contributed by atoms with Gasteiger partial charge in [-0.05, 0) is 42.4 Å². The second kappa shape index (κ2) is 3.79. The van der Waals surface area contributed by atoms with Crippen LogP contribution in [0.15, 0.2) is 48.1 Å². The van der Waals surface area contributed by atoms with Crippen molar-refractivity contribution in [3.8, 4) is 0 Å². The van der Waals surface area contributed by atoms with Gasteiger partial charge in [-0.25, -0.2) is 0 Å². The van der Waals surface area contributed by atoms with E-state index >= 15 is 0 Å². The smallest absolute Gasteiger partial charge is 0.000673 e. The van der Waals surface area contributed by atoms with E-state index in [1.807, 2.05) is 0 Å². The Hall–Kier alpha value is -1.56. The molecule has 0 atom stereocenters. The lowest BCUT2D eigenvalue weighted by atomic mass is 9.94. The Morgan fingerprint density at radius 3 is 2.81 bits per heavy atom. The summed E-state index contributed by atoms with van der Waals surface area (Å²) in [6, 6.07) is 6.70. The third-order valence-electron chi connectivity index (χ3n) is 3.45. The molecule has 16 heavy (non-hydrogen) atoms. The van der Waals surface area contributed by atoms with Gasteiger partial charge < -0.3 is 0 Å². The van der Waals surface area contributed by atoms with E-state index in [1.165, 1.54) is 16.7 Å². The average Bonchev–Trinajstić information content (AvgIpc) is 2.86. The molecule has 0 nitrogen and oxygen atoms in total. The second-order valence-electron chi connectivity index (χ2n) is 4.79. The van der Waals surface area contributed by atoms with Crippen LogP contribution in [0.5, 0.6) is 0 Å². The Morgan fingerprint density at radius 2 is 2.00 bits per heavy atom.